The molecule has 6 nitrogen and oxygen atoms in total. The number of hydrogen-bond acceptors (Lipinski definition) is 5. The van der Waals surface area contributed by atoms with Crippen molar-refractivity contribution in [2.24, 2.45) is 0 Å². The Bertz CT molecular complexity index is 961. The van der Waals surface area contributed by atoms with E-state index in [0.717, 1.165) is 5.69 Å². The first kappa shape index (κ1) is 21.0. The number of ether oxygens (including phenoxy) is 1. The van der Waals surface area contributed by atoms with Crippen molar-refractivity contribution in [1.29, 1.82) is 0 Å². The largest absolute Gasteiger partial charge is 0.486 e. The molecule has 3 rings (SSSR count). The number of rotatable bonds is 9. The molecule has 1 amide bonds. The summed E-state index contributed by atoms with van der Waals surface area (Å²) in [5, 5.41) is 9.73. The summed E-state index contributed by atoms with van der Waals surface area (Å²) in [4.78, 5) is 14.2. The molecule has 1 heterocycles. The van der Waals surface area contributed by atoms with Crippen LogP contribution in [-0.2, 0) is 17.9 Å². The highest BCUT2D eigenvalue weighted by Gasteiger charge is 2.16. The summed E-state index contributed by atoms with van der Waals surface area (Å²) in [6.07, 6.45) is 1.76. The van der Waals surface area contributed by atoms with Crippen LogP contribution < -0.4 is 9.64 Å². The van der Waals surface area contributed by atoms with Gasteiger partial charge in [-0.2, -0.15) is 0 Å². The third-order valence-corrected chi connectivity index (χ3v) is 5.33. The maximum Gasteiger partial charge on any atom is 0.237 e. The van der Waals surface area contributed by atoms with Crippen LogP contribution in [0.2, 0.25) is 5.02 Å². The smallest absolute Gasteiger partial charge is 0.237 e. The Morgan fingerprint density at radius 1 is 1.21 bits per heavy atom. The van der Waals surface area contributed by atoms with Crippen LogP contribution in [0.3, 0.4) is 0 Å². The number of thioether (sulfide) groups is 1. The van der Waals surface area contributed by atoms with E-state index in [1.54, 1.807) is 42.3 Å². The fourth-order valence-electron chi connectivity index (χ4n) is 2.54. The van der Waals surface area contributed by atoms with Gasteiger partial charge in [0.15, 0.2) is 11.0 Å². The van der Waals surface area contributed by atoms with Gasteiger partial charge >= 0.3 is 0 Å². The number of halogens is 1. The van der Waals surface area contributed by atoms with Gasteiger partial charge in [0.1, 0.15) is 12.4 Å². The number of anilines is 1. The van der Waals surface area contributed by atoms with E-state index in [1.165, 1.54) is 11.8 Å². The molecule has 0 radical (unpaired) electrons. The highest BCUT2D eigenvalue weighted by Crippen LogP contribution is 2.21. The Morgan fingerprint density at radius 3 is 2.62 bits per heavy atom. The minimum Gasteiger partial charge on any atom is -0.486 e. The third kappa shape index (κ3) is 5.62. The summed E-state index contributed by atoms with van der Waals surface area (Å²) in [5.74, 6) is 1.58. The van der Waals surface area contributed by atoms with Gasteiger partial charge in [0.25, 0.3) is 0 Å². The lowest BCUT2D eigenvalue weighted by Crippen LogP contribution is -2.28. The Labute approximate surface area is 179 Å². The van der Waals surface area contributed by atoms with E-state index in [2.05, 4.69) is 16.8 Å². The number of para-hydroxylation sites is 1. The highest BCUT2D eigenvalue weighted by molar-refractivity contribution is 7.99. The molecule has 0 fully saturated rings. The molecule has 0 saturated carbocycles. The van der Waals surface area contributed by atoms with Gasteiger partial charge in [-0.3, -0.25) is 9.36 Å². The minimum absolute atomic E-state index is 0.0201. The molecule has 0 saturated heterocycles. The second-order valence-corrected chi connectivity index (χ2v) is 7.50. The molecule has 0 spiro atoms. The van der Waals surface area contributed by atoms with Crippen LogP contribution in [0.25, 0.3) is 0 Å². The first-order chi connectivity index (χ1) is 14.1. The number of nitrogens with zero attached hydrogens (tertiary/aromatic N) is 4. The lowest BCUT2D eigenvalue weighted by atomic mass is 10.3. The van der Waals surface area contributed by atoms with E-state index in [4.69, 9.17) is 16.3 Å². The molecule has 0 unspecified atom stereocenters. The van der Waals surface area contributed by atoms with E-state index in [1.807, 2.05) is 34.9 Å². The summed E-state index contributed by atoms with van der Waals surface area (Å²) < 4.78 is 7.66. The molecular formula is C21H21ClN4O2S. The monoisotopic (exact) mass is 428 g/mol. The average molecular weight is 429 g/mol. The normalized spacial score (nSPS) is 10.6. The molecule has 0 aliphatic carbocycles. The molecule has 3 aromatic rings. The SMILES string of the molecule is C=CCn1c(COc2ccc(Cl)cc2)nnc1SCC(=O)N(C)c1ccccc1. The zero-order valence-electron chi connectivity index (χ0n) is 16.0. The van der Waals surface area contributed by atoms with Crippen LogP contribution in [0.4, 0.5) is 5.69 Å². The van der Waals surface area contributed by atoms with Gasteiger partial charge < -0.3 is 9.64 Å². The highest BCUT2D eigenvalue weighted by atomic mass is 35.5. The Kier molecular flexibility index (Phi) is 7.32. The minimum atomic E-state index is -0.0201. The first-order valence-electron chi connectivity index (χ1n) is 8.94. The molecule has 2 aromatic carbocycles. The number of amides is 1. The van der Waals surface area contributed by atoms with Gasteiger partial charge in [-0.15, -0.1) is 16.8 Å². The zero-order chi connectivity index (χ0) is 20.6. The quantitative estimate of drug-likeness (QED) is 0.372. The van der Waals surface area contributed by atoms with Crippen LogP contribution in [0.5, 0.6) is 5.75 Å². The van der Waals surface area contributed by atoms with Gasteiger partial charge in [-0.05, 0) is 36.4 Å². The summed E-state index contributed by atoms with van der Waals surface area (Å²) in [7, 11) is 1.76. The standard InChI is InChI=1S/C21H21ClN4O2S/c1-3-13-26-19(14-28-18-11-9-16(22)10-12-18)23-24-21(26)29-15-20(27)25(2)17-7-5-4-6-8-17/h3-12H,1,13-15H2,2H3. The predicted molar refractivity (Wildman–Crippen MR) is 117 cm³/mol. The van der Waals surface area contributed by atoms with Gasteiger partial charge in [0, 0.05) is 24.3 Å². The van der Waals surface area contributed by atoms with Crippen LogP contribution in [0.1, 0.15) is 5.82 Å². The van der Waals surface area contributed by atoms with Crippen LogP contribution in [0, 0.1) is 0 Å². The predicted octanol–water partition coefficient (Wildman–Crippen LogP) is 4.45. The average Bonchev–Trinajstić information content (AvgIpc) is 3.13. The molecular weight excluding hydrogens is 408 g/mol. The fraction of sp³-hybridized carbons (Fsp3) is 0.190. The van der Waals surface area contributed by atoms with Crippen molar-refractivity contribution in [3.8, 4) is 5.75 Å². The van der Waals surface area contributed by atoms with Crippen LogP contribution in [0.15, 0.2) is 72.4 Å². The third-order valence-electron chi connectivity index (χ3n) is 4.13. The molecule has 8 heteroatoms. The Morgan fingerprint density at radius 2 is 1.93 bits per heavy atom. The Balaban J connectivity index is 1.64. The van der Waals surface area contributed by atoms with Crippen molar-refractivity contribution < 1.29 is 9.53 Å². The summed E-state index contributed by atoms with van der Waals surface area (Å²) in [5.41, 5.74) is 0.850. The molecule has 0 aliphatic rings. The van der Waals surface area contributed by atoms with Crippen molar-refractivity contribution in [1.82, 2.24) is 14.8 Å². The molecule has 0 aliphatic heterocycles. The number of carbonyl (C=O) groups is 1. The first-order valence-corrected chi connectivity index (χ1v) is 10.3. The van der Waals surface area contributed by atoms with E-state index < -0.39 is 0 Å². The number of hydrogen-bond donors (Lipinski definition) is 0. The molecule has 1 aromatic heterocycles. The van der Waals surface area contributed by atoms with E-state index in [9.17, 15) is 4.79 Å². The number of allylic oxidation sites excluding steroid dienone is 1. The lowest BCUT2D eigenvalue weighted by molar-refractivity contribution is -0.115. The molecule has 0 atom stereocenters. The van der Waals surface area contributed by atoms with Crippen molar-refractivity contribution in [2.75, 3.05) is 17.7 Å². The fourth-order valence-corrected chi connectivity index (χ4v) is 3.55. The summed E-state index contributed by atoms with van der Waals surface area (Å²) >= 11 is 7.23. The van der Waals surface area contributed by atoms with Crippen molar-refractivity contribution in [3.05, 3.63) is 78.1 Å². The number of aromatic nitrogens is 3. The molecule has 29 heavy (non-hydrogen) atoms. The number of benzene rings is 2. The Hall–Kier alpha value is -2.77. The molecule has 150 valence electrons. The summed E-state index contributed by atoms with van der Waals surface area (Å²) in [6.45, 7) is 4.57. The van der Waals surface area contributed by atoms with Crippen molar-refractivity contribution in [2.45, 2.75) is 18.3 Å². The van der Waals surface area contributed by atoms with Crippen LogP contribution in [-0.4, -0.2) is 33.5 Å². The van der Waals surface area contributed by atoms with Gasteiger partial charge in [0.05, 0.1) is 5.75 Å². The zero-order valence-corrected chi connectivity index (χ0v) is 17.6. The van der Waals surface area contributed by atoms with Gasteiger partial charge in [-0.1, -0.05) is 47.6 Å². The van der Waals surface area contributed by atoms with Crippen LogP contribution >= 0.6 is 23.4 Å². The second-order valence-electron chi connectivity index (χ2n) is 6.12. The number of carbonyl (C=O) groups excluding carboxylic acids is 1. The summed E-state index contributed by atoms with van der Waals surface area (Å²) in [6, 6.07) is 16.6. The van der Waals surface area contributed by atoms with E-state index in [0.29, 0.717) is 28.3 Å². The van der Waals surface area contributed by atoms with Crippen molar-refractivity contribution >= 4 is 35.0 Å². The van der Waals surface area contributed by atoms with E-state index in [-0.39, 0.29) is 18.3 Å². The van der Waals surface area contributed by atoms with Gasteiger partial charge in [0.2, 0.25) is 5.91 Å². The van der Waals surface area contributed by atoms with Gasteiger partial charge in [-0.25, -0.2) is 0 Å². The molecule has 0 bridgehead atoms. The lowest BCUT2D eigenvalue weighted by Gasteiger charge is -2.17. The maximum absolute atomic E-state index is 12.5. The second kappa shape index (κ2) is 10.1. The maximum atomic E-state index is 12.5. The molecule has 0 N–H and O–H groups in total. The topological polar surface area (TPSA) is 60.2 Å². The van der Waals surface area contributed by atoms with Crippen molar-refractivity contribution in [3.63, 3.8) is 0 Å². The van der Waals surface area contributed by atoms with E-state index >= 15 is 0 Å².